The molecule has 5 heteroatoms. The topological polar surface area (TPSA) is 69.4 Å². The molecule has 0 aliphatic carbocycles. The molecule has 0 spiro atoms. The first kappa shape index (κ1) is 13.9. The molecule has 3 N–H and O–H groups in total. The Morgan fingerprint density at radius 2 is 2.24 bits per heavy atom. The predicted octanol–water partition coefficient (Wildman–Crippen LogP) is 1.97. The molecule has 0 saturated heterocycles. The number of nitrogens with two attached hydrogens (primary N) is 1. The number of hydrogen-bond acceptors (Lipinski definition) is 5. The fraction of sp³-hybridized carbons (Fsp3) is 0.312. The fourth-order valence-electron chi connectivity index (χ4n) is 2.79. The second kappa shape index (κ2) is 6.11. The molecule has 0 amide bonds. The summed E-state index contributed by atoms with van der Waals surface area (Å²) >= 11 is 0. The van der Waals surface area contributed by atoms with Crippen molar-refractivity contribution in [2.24, 2.45) is 5.84 Å². The number of aryl methyl sites for hydroxylation is 1. The Labute approximate surface area is 124 Å². The Morgan fingerprint density at radius 3 is 3.05 bits per heavy atom. The maximum Gasteiger partial charge on any atom is 0.142 e. The predicted molar refractivity (Wildman–Crippen MR) is 80.2 cm³/mol. The van der Waals surface area contributed by atoms with E-state index < -0.39 is 0 Å². The molecule has 0 bridgehead atoms. The number of nitrogens with one attached hydrogen (secondary N) is 1. The fourth-order valence-corrected chi connectivity index (χ4v) is 2.79. The van der Waals surface area contributed by atoms with Crippen LogP contribution in [0.15, 0.2) is 36.7 Å². The van der Waals surface area contributed by atoms with Gasteiger partial charge in [-0.2, -0.15) is 0 Å². The second-order valence-corrected chi connectivity index (χ2v) is 5.00. The Morgan fingerprint density at radius 1 is 1.33 bits per heavy atom. The van der Waals surface area contributed by atoms with Gasteiger partial charge in [-0.3, -0.25) is 10.8 Å². The van der Waals surface area contributed by atoms with E-state index in [1.165, 1.54) is 5.56 Å². The lowest BCUT2D eigenvalue weighted by atomic mass is 9.94. The SMILES string of the molecule is COc1cnccc1C(NN)c1cccc2c1OCCC2. The van der Waals surface area contributed by atoms with E-state index in [0.717, 1.165) is 36.3 Å². The van der Waals surface area contributed by atoms with Gasteiger partial charge < -0.3 is 9.47 Å². The molecule has 0 fully saturated rings. The third-order valence-electron chi connectivity index (χ3n) is 3.79. The van der Waals surface area contributed by atoms with Crippen molar-refractivity contribution in [2.45, 2.75) is 18.9 Å². The summed E-state index contributed by atoms with van der Waals surface area (Å²) < 4.78 is 11.3. The van der Waals surface area contributed by atoms with Crippen LogP contribution in [0.5, 0.6) is 11.5 Å². The Bertz CT molecular complexity index is 631. The minimum atomic E-state index is -0.198. The molecule has 1 aliphatic heterocycles. The number of nitrogens with zero attached hydrogens (tertiary/aromatic N) is 1. The number of para-hydroxylation sites is 1. The van der Waals surface area contributed by atoms with E-state index in [4.69, 9.17) is 15.3 Å². The average molecular weight is 285 g/mol. The van der Waals surface area contributed by atoms with Crippen molar-refractivity contribution in [3.8, 4) is 11.5 Å². The van der Waals surface area contributed by atoms with Gasteiger partial charge in [-0.25, -0.2) is 5.43 Å². The zero-order valence-electron chi connectivity index (χ0n) is 12.0. The Balaban J connectivity index is 2.08. The number of pyridine rings is 1. The van der Waals surface area contributed by atoms with E-state index in [9.17, 15) is 0 Å². The molecule has 1 aliphatic rings. The van der Waals surface area contributed by atoms with Crippen LogP contribution in [0.4, 0.5) is 0 Å². The van der Waals surface area contributed by atoms with E-state index in [0.29, 0.717) is 5.75 Å². The van der Waals surface area contributed by atoms with E-state index in [-0.39, 0.29) is 6.04 Å². The molecule has 1 atom stereocenters. The van der Waals surface area contributed by atoms with Gasteiger partial charge >= 0.3 is 0 Å². The zero-order valence-corrected chi connectivity index (χ0v) is 12.0. The summed E-state index contributed by atoms with van der Waals surface area (Å²) in [6.07, 6.45) is 5.51. The van der Waals surface area contributed by atoms with E-state index >= 15 is 0 Å². The summed E-state index contributed by atoms with van der Waals surface area (Å²) in [6, 6.07) is 7.90. The molecule has 1 aromatic heterocycles. The zero-order chi connectivity index (χ0) is 14.7. The maximum absolute atomic E-state index is 5.88. The minimum absolute atomic E-state index is 0.198. The summed E-state index contributed by atoms with van der Waals surface area (Å²) in [4.78, 5) is 4.09. The Hall–Kier alpha value is -2.11. The summed E-state index contributed by atoms with van der Waals surface area (Å²) in [7, 11) is 1.63. The molecule has 2 aromatic rings. The number of rotatable bonds is 4. The van der Waals surface area contributed by atoms with Gasteiger partial charge in [0.15, 0.2) is 0 Å². The average Bonchev–Trinajstić information content (AvgIpc) is 2.56. The highest BCUT2D eigenvalue weighted by Crippen LogP contribution is 2.37. The molecular formula is C16H19N3O2. The van der Waals surface area contributed by atoms with Crippen LogP contribution in [0.25, 0.3) is 0 Å². The van der Waals surface area contributed by atoms with Crippen LogP contribution in [0, 0.1) is 0 Å². The van der Waals surface area contributed by atoms with Gasteiger partial charge in [-0.1, -0.05) is 18.2 Å². The van der Waals surface area contributed by atoms with Crippen LogP contribution in [-0.4, -0.2) is 18.7 Å². The van der Waals surface area contributed by atoms with Crippen molar-refractivity contribution < 1.29 is 9.47 Å². The van der Waals surface area contributed by atoms with E-state index in [1.54, 1.807) is 19.5 Å². The second-order valence-electron chi connectivity index (χ2n) is 5.00. The van der Waals surface area contributed by atoms with Gasteiger partial charge in [0.2, 0.25) is 0 Å². The highest BCUT2D eigenvalue weighted by atomic mass is 16.5. The molecule has 1 aromatic carbocycles. The lowest BCUT2D eigenvalue weighted by Gasteiger charge is -2.25. The van der Waals surface area contributed by atoms with Crippen LogP contribution in [0.3, 0.4) is 0 Å². The van der Waals surface area contributed by atoms with E-state index in [2.05, 4.69) is 16.5 Å². The van der Waals surface area contributed by atoms with Crippen molar-refractivity contribution in [3.05, 3.63) is 53.3 Å². The first-order valence-corrected chi connectivity index (χ1v) is 7.03. The van der Waals surface area contributed by atoms with E-state index in [1.807, 2.05) is 18.2 Å². The van der Waals surface area contributed by atoms with Crippen LogP contribution in [0.1, 0.15) is 29.2 Å². The molecule has 2 heterocycles. The lowest BCUT2D eigenvalue weighted by molar-refractivity contribution is 0.282. The van der Waals surface area contributed by atoms with Crippen molar-refractivity contribution >= 4 is 0 Å². The number of hydrogen-bond donors (Lipinski definition) is 2. The molecule has 1 unspecified atom stereocenters. The van der Waals surface area contributed by atoms with Crippen molar-refractivity contribution in [1.29, 1.82) is 0 Å². The van der Waals surface area contributed by atoms with Crippen molar-refractivity contribution in [3.63, 3.8) is 0 Å². The molecule has 0 radical (unpaired) electrons. The summed E-state index contributed by atoms with van der Waals surface area (Å²) in [5.41, 5.74) is 6.07. The standard InChI is InChI=1S/C16H19N3O2/c1-20-14-10-18-8-7-12(14)15(19-17)13-6-2-4-11-5-3-9-21-16(11)13/h2,4,6-8,10,15,19H,3,5,9,17H2,1H3. The number of aromatic nitrogens is 1. The molecule has 21 heavy (non-hydrogen) atoms. The van der Waals surface area contributed by atoms with Gasteiger partial charge in [0, 0.05) is 17.3 Å². The van der Waals surface area contributed by atoms with Crippen LogP contribution < -0.4 is 20.7 Å². The van der Waals surface area contributed by atoms with Crippen LogP contribution >= 0.6 is 0 Å². The van der Waals surface area contributed by atoms with Gasteiger partial charge in [0.25, 0.3) is 0 Å². The van der Waals surface area contributed by atoms with Gasteiger partial charge in [0.1, 0.15) is 11.5 Å². The summed E-state index contributed by atoms with van der Waals surface area (Å²) in [5, 5.41) is 0. The summed E-state index contributed by atoms with van der Waals surface area (Å²) in [6.45, 7) is 0.745. The van der Waals surface area contributed by atoms with Crippen LogP contribution in [0.2, 0.25) is 0 Å². The van der Waals surface area contributed by atoms with Crippen LogP contribution in [-0.2, 0) is 6.42 Å². The first-order valence-electron chi connectivity index (χ1n) is 7.03. The number of methoxy groups -OCH3 is 1. The minimum Gasteiger partial charge on any atom is -0.495 e. The molecule has 3 rings (SSSR count). The van der Waals surface area contributed by atoms with Gasteiger partial charge in [-0.05, 0) is 24.5 Å². The van der Waals surface area contributed by atoms with Crippen molar-refractivity contribution in [2.75, 3.05) is 13.7 Å². The summed E-state index contributed by atoms with van der Waals surface area (Å²) in [5.74, 6) is 7.45. The molecule has 5 nitrogen and oxygen atoms in total. The third-order valence-corrected chi connectivity index (χ3v) is 3.79. The van der Waals surface area contributed by atoms with Crippen molar-refractivity contribution in [1.82, 2.24) is 10.4 Å². The number of ether oxygens (including phenoxy) is 2. The smallest absolute Gasteiger partial charge is 0.142 e. The highest BCUT2D eigenvalue weighted by molar-refractivity contribution is 5.49. The largest absolute Gasteiger partial charge is 0.495 e. The number of benzene rings is 1. The van der Waals surface area contributed by atoms with Gasteiger partial charge in [-0.15, -0.1) is 0 Å². The number of fused-ring (bicyclic) bond motifs is 1. The number of hydrazine groups is 1. The molecule has 0 saturated carbocycles. The quantitative estimate of drug-likeness (QED) is 0.664. The highest BCUT2D eigenvalue weighted by Gasteiger charge is 2.23. The normalized spacial score (nSPS) is 15.0. The van der Waals surface area contributed by atoms with Gasteiger partial charge in [0.05, 0.1) is 26.0 Å². The lowest BCUT2D eigenvalue weighted by Crippen LogP contribution is -2.30. The Kier molecular flexibility index (Phi) is 4.03. The molecule has 110 valence electrons. The first-order chi connectivity index (χ1) is 10.3. The monoisotopic (exact) mass is 285 g/mol. The third kappa shape index (κ3) is 2.57. The maximum atomic E-state index is 5.88. The molecular weight excluding hydrogens is 266 g/mol.